The second-order valence-electron chi connectivity index (χ2n) is 4.97. The number of rotatable bonds is 7. The minimum absolute atomic E-state index is 0.104. The lowest BCUT2D eigenvalue weighted by molar-refractivity contribution is 0.146. The maximum absolute atomic E-state index is 6.06. The number of ether oxygens (including phenoxy) is 2. The molecule has 0 heterocycles. The number of benzene rings is 2. The van der Waals surface area contributed by atoms with Crippen molar-refractivity contribution in [1.82, 2.24) is 0 Å². The van der Waals surface area contributed by atoms with Gasteiger partial charge in [0.05, 0.1) is 6.61 Å². The average Bonchev–Trinajstić information content (AvgIpc) is 2.55. The molecule has 1 unspecified atom stereocenters. The second kappa shape index (κ2) is 7.81. The number of nitrogens with two attached hydrogens (primary N) is 1. The molecule has 0 bridgehead atoms. The molecule has 112 valence electrons. The summed E-state index contributed by atoms with van der Waals surface area (Å²) in [6.07, 6.45) is 0.941. The zero-order valence-corrected chi connectivity index (χ0v) is 12.7. The molecule has 3 heteroatoms. The molecule has 0 saturated heterocycles. The Bertz CT molecular complexity index is 551. The van der Waals surface area contributed by atoms with E-state index in [1.165, 1.54) is 5.56 Å². The van der Waals surface area contributed by atoms with Crippen LogP contribution >= 0.6 is 0 Å². The van der Waals surface area contributed by atoms with Crippen molar-refractivity contribution in [2.75, 3.05) is 20.3 Å². The number of hydrogen-bond donors (Lipinski definition) is 1. The first kappa shape index (κ1) is 15.5. The van der Waals surface area contributed by atoms with E-state index in [1.807, 2.05) is 18.2 Å². The summed E-state index contributed by atoms with van der Waals surface area (Å²) in [5.74, 6) is 0.877. The molecule has 0 spiro atoms. The Labute approximate surface area is 126 Å². The topological polar surface area (TPSA) is 44.5 Å². The third-order valence-corrected chi connectivity index (χ3v) is 3.52. The van der Waals surface area contributed by atoms with Gasteiger partial charge in [-0.25, -0.2) is 0 Å². The second-order valence-corrected chi connectivity index (χ2v) is 4.97. The van der Waals surface area contributed by atoms with Crippen molar-refractivity contribution >= 4 is 0 Å². The van der Waals surface area contributed by atoms with Crippen LogP contribution in [0.5, 0.6) is 5.75 Å². The minimum Gasteiger partial charge on any atom is -0.491 e. The van der Waals surface area contributed by atoms with Crippen molar-refractivity contribution in [1.29, 1.82) is 0 Å². The van der Waals surface area contributed by atoms with E-state index in [4.69, 9.17) is 15.2 Å². The van der Waals surface area contributed by atoms with E-state index in [0.29, 0.717) is 13.2 Å². The van der Waals surface area contributed by atoms with E-state index in [9.17, 15) is 0 Å². The van der Waals surface area contributed by atoms with Crippen molar-refractivity contribution in [3.63, 3.8) is 0 Å². The van der Waals surface area contributed by atoms with Gasteiger partial charge in [0.15, 0.2) is 0 Å². The quantitative estimate of drug-likeness (QED) is 0.787. The fourth-order valence-electron chi connectivity index (χ4n) is 2.21. The smallest absolute Gasteiger partial charge is 0.127 e. The molecular weight excluding hydrogens is 262 g/mol. The van der Waals surface area contributed by atoms with Crippen molar-refractivity contribution < 1.29 is 9.47 Å². The van der Waals surface area contributed by atoms with Gasteiger partial charge in [0.25, 0.3) is 0 Å². The highest BCUT2D eigenvalue weighted by atomic mass is 16.5. The molecule has 0 aromatic heterocycles. The van der Waals surface area contributed by atoms with Gasteiger partial charge in [-0.05, 0) is 23.6 Å². The molecule has 1 atom stereocenters. The lowest BCUT2D eigenvalue weighted by Crippen LogP contribution is -2.08. The van der Waals surface area contributed by atoms with Crippen LogP contribution in [0.25, 0.3) is 11.1 Å². The first-order valence-corrected chi connectivity index (χ1v) is 7.33. The van der Waals surface area contributed by atoms with E-state index < -0.39 is 0 Å². The maximum Gasteiger partial charge on any atom is 0.127 e. The summed E-state index contributed by atoms with van der Waals surface area (Å²) >= 11 is 0. The zero-order chi connectivity index (χ0) is 15.1. The fourth-order valence-corrected chi connectivity index (χ4v) is 2.21. The monoisotopic (exact) mass is 285 g/mol. The third-order valence-electron chi connectivity index (χ3n) is 3.52. The Morgan fingerprint density at radius 2 is 1.71 bits per heavy atom. The maximum atomic E-state index is 6.06. The molecule has 21 heavy (non-hydrogen) atoms. The van der Waals surface area contributed by atoms with E-state index in [-0.39, 0.29) is 6.04 Å². The third kappa shape index (κ3) is 4.06. The molecule has 0 fully saturated rings. The van der Waals surface area contributed by atoms with Crippen LogP contribution in [0.4, 0.5) is 0 Å². The van der Waals surface area contributed by atoms with Gasteiger partial charge < -0.3 is 15.2 Å². The standard InChI is InChI=1S/C18H23NO2/c1-3-17(19)15-10-8-14(9-11-15)16-6-4-5-7-18(16)21-13-12-20-2/h4-11,17H,3,12-13,19H2,1-2H3. The summed E-state index contributed by atoms with van der Waals surface area (Å²) in [6, 6.07) is 16.5. The van der Waals surface area contributed by atoms with Crippen LogP contribution in [0.3, 0.4) is 0 Å². The molecular formula is C18H23NO2. The molecule has 0 saturated carbocycles. The summed E-state index contributed by atoms with van der Waals surface area (Å²) in [5.41, 5.74) is 9.44. The van der Waals surface area contributed by atoms with Gasteiger partial charge in [-0.3, -0.25) is 0 Å². The molecule has 0 aliphatic carbocycles. The van der Waals surface area contributed by atoms with Crippen LogP contribution in [0.1, 0.15) is 24.9 Å². The normalized spacial score (nSPS) is 12.1. The summed E-state index contributed by atoms with van der Waals surface area (Å²) in [4.78, 5) is 0. The Hall–Kier alpha value is -1.84. The lowest BCUT2D eigenvalue weighted by atomic mass is 9.99. The van der Waals surface area contributed by atoms with Crippen molar-refractivity contribution in [3.05, 3.63) is 54.1 Å². The SMILES string of the molecule is CCC(N)c1ccc(-c2ccccc2OCCOC)cc1. The minimum atomic E-state index is 0.104. The van der Waals surface area contributed by atoms with E-state index in [1.54, 1.807) is 7.11 Å². The van der Waals surface area contributed by atoms with Gasteiger partial charge in [-0.15, -0.1) is 0 Å². The van der Waals surface area contributed by atoms with E-state index in [0.717, 1.165) is 23.3 Å². The highest BCUT2D eigenvalue weighted by Crippen LogP contribution is 2.30. The zero-order valence-electron chi connectivity index (χ0n) is 12.7. The average molecular weight is 285 g/mol. The summed E-state index contributed by atoms with van der Waals surface area (Å²) in [5, 5.41) is 0. The molecule has 2 N–H and O–H groups in total. The number of methoxy groups -OCH3 is 1. The van der Waals surface area contributed by atoms with Gasteiger partial charge in [-0.1, -0.05) is 49.4 Å². The predicted octanol–water partition coefficient (Wildman–Crippen LogP) is 3.79. The van der Waals surface area contributed by atoms with Gasteiger partial charge >= 0.3 is 0 Å². The largest absolute Gasteiger partial charge is 0.491 e. The van der Waals surface area contributed by atoms with Crippen LogP contribution in [0.2, 0.25) is 0 Å². The van der Waals surface area contributed by atoms with Gasteiger partial charge in [0.2, 0.25) is 0 Å². The summed E-state index contributed by atoms with van der Waals surface area (Å²) in [7, 11) is 1.67. The molecule has 0 radical (unpaired) electrons. The Morgan fingerprint density at radius 3 is 2.38 bits per heavy atom. The fraction of sp³-hybridized carbons (Fsp3) is 0.333. The van der Waals surface area contributed by atoms with Crippen molar-refractivity contribution in [2.24, 2.45) is 5.73 Å². The van der Waals surface area contributed by atoms with Crippen LogP contribution in [-0.4, -0.2) is 20.3 Å². The van der Waals surface area contributed by atoms with Crippen LogP contribution < -0.4 is 10.5 Å². The first-order valence-electron chi connectivity index (χ1n) is 7.33. The molecule has 0 aliphatic heterocycles. The van der Waals surface area contributed by atoms with E-state index in [2.05, 4.69) is 37.3 Å². The van der Waals surface area contributed by atoms with Crippen LogP contribution in [-0.2, 0) is 4.74 Å². The molecule has 0 amide bonds. The van der Waals surface area contributed by atoms with Crippen molar-refractivity contribution in [3.8, 4) is 16.9 Å². The highest BCUT2D eigenvalue weighted by Gasteiger charge is 2.07. The van der Waals surface area contributed by atoms with Crippen molar-refractivity contribution in [2.45, 2.75) is 19.4 Å². The summed E-state index contributed by atoms with van der Waals surface area (Å²) in [6.45, 7) is 3.22. The van der Waals surface area contributed by atoms with E-state index >= 15 is 0 Å². The molecule has 2 rings (SSSR count). The Kier molecular flexibility index (Phi) is 5.78. The first-order chi connectivity index (χ1) is 10.3. The van der Waals surface area contributed by atoms with Crippen LogP contribution in [0.15, 0.2) is 48.5 Å². The van der Waals surface area contributed by atoms with Gasteiger partial charge in [0, 0.05) is 18.7 Å². The molecule has 3 nitrogen and oxygen atoms in total. The number of hydrogen-bond acceptors (Lipinski definition) is 3. The molecule has 2 aromatic rings. The van der Waals surface area contributed by atoms with Crippen LogP contribution in [0, 0.1) is 0 Å². The Morgan fingerprint density at radius 1 is 1.00 bits per heavy atom. The Balaban J connectivity index is 2.21. The lowest BCUT2D eigenvalue weighted by Gasteiger charge is -2.13. The molecule has 0 aliphatic rings. The van der Waals surface area contributed by atoms with Gasteiger partial charge in [-0.2, -0.15) is 0 Å². The number of para-hydroxylation sites is 1. The van der Waals surface area contributed by atoms with Gasteiger partial charge in [0.1, 0.15) is 12.4 Å². The molecule has 2 aromatic carbocycles. The highest BCUT2D eigenvalue weighted by molar-refractivity contribution is 5.70. The summed E-state index contributed by atoms with van der Waals surface area (Å²) < 4.78 is 10.8. The predicted molar refractivity (Wildman–Crippen MR) is 86.5 cm³/mol.